The van der Waals surface area contributed by atoms with Crippen molar-refractivity contribution in [1.82, 2.24) is 14.7 Å². The number of fused-ring (bicyclic) bond motifs is 1. The highest BCUT2D eigenvalue weighted by Crippen LogP contribution is 2.12. The molecule has 1 N–H and O–H groups in total. The minimum absolute atomic E-state index is 0.0149. The first-order chi connectivity index (χ1) is 9.79. The number of ether oxygens (including phenoxy) is 2. The maximum absolute atomic E-state index is 12.3. The SMILES string of the molecule is CO[C@@H]1CCOC[C@H]1NC(=O)c1ncc2ccccn12. The summed E-state index contributed by atoms with van der Waals surface area (Å²) in [7, 11) is 1.65. The number of rotatable bonds is 3. The lowest BCUT2D eigenvalue weighted by molar-refractivity contribution is -0.0350. The Kier molecular flexibility index (Phi) is 3.66. The molecule has 0 aromatic carbocycles. The maximum Gasteiger partial charge on any atom is 0.288 e. The summed E-state index contributed by atoms with van der Waals surface area (Å²) in [5.74, 6) is 0.162. The molecule has 0 radical (unpaired) electrons. The molecule has 1 amide bonds. The number of carbonyl (C=O) groups excluding carboxylic acids is 1. The van der Waals surface area contributed by atoms with Crippen molar-refractivity contribution >= 4 is 11.4 Å². The van der Waals surface area contributed by atoms with Crippen LogP contribution in [-0.2, 0) is 9.47 Å². The number of nitrogens with one attached hydrogen (secondary N) is 1. The number of carbonyl (C=O) groups is 1. The van der Waals surface area contributed by atoms with Crippen LogP contribution in [0.15, 0.2) is 30.6 Å². The number of imidazole rings is 1. The van der Waals surface area contributed by atoms with E-state index in [2.05, 4.69) is 10.3 Å². The summed E-state index contributed by atoms with van der Waals surface area (Å²) >= 11 is 0. The fraction of sp³-hybridized carbons (Fsp3) is 0.429. The molecule has 0 aliphatic carbocycles. The number of aromatic nitrogens is 2. The third-order valence-electron chi connectivity index (χ3n) is 3.55. The van der Waals surface area contributed by atoms with Crippen LogP contribution < -0.4 is 5.32 Å². The van der Waals surface area contributed by atoms with Gasteiger partial charge >= 0.3 is 0 Å². The molecule has 1 aliphatic rings. The van der Waals surface area contributed by atoms with E-state index < -0.39 is 0 Å². The van der Waals surface area contributed by atoms with Gasteiger partial charge in [-0.2, -0.15) is 0 Å². The number of amides is 1. The largest absolute Gasteiger partial charge is 0.379 e. The van der Waals surface area contributed by atoms with Crippen LogP contribution >= 0.6 is 0 Å². The Morgan fingerprint density at radius 3 is 3.30 bits per heavy atom. The Bertz CT molecular complexity index is 610. The minimum Gasteiger partial charge on any atom is -0.379 e. The van der Waals surface area contributed by atoms with E-state index in [0.717, 1.165) is 11.9 Å². The summed E-state index contributed by atoms with van der Waals surface area (Å²) in [6.07, 6.45) is 4.27. The fourth-order valence-corrected chi connectivity index (χ4v) is 2.48. The smallest absolute Gasteiger partial charge is 0.288 e. The van der Waals surface area contributed by atoms with Crippen LogP contribution in [0.25, 0.3) is 5.52 Å². The van der Waals surface area contributed by atoms with Crippen molar-refractivity contribution in [1.29, 1.82) is 0 Å². The molecule has 2 atom stereocenters. The predicted molar refractivity (Wildman–Crippen MR) is 72.7 cm³/mol. The molecule has 3 heterocycles. The molecule has 1 aliphatic heterocycles. The van der Waals surface area contributed by atoms with Gasteiger partial charge in [0.25, 0.3) is 5.91 Å². The summed E-state index contributed by atoms with van der Waals surface area (Å²) in [4.78, 5) is 16.5. The molecule has 106 valence electrons. The van der Waals surface area contributed by atoms with Crippen molar-refractivity contribution in [3.8, 4) is 0 Å². The topological polar surface area (TPSA) is 64.9 Å². The summed E-state index contributed by atoms with van der Waals surface area (Å²) < 4.78 is 12.6. The van der Waals surface area contributed by atoms with Crippen LogP contribution in [-0.4, -0.2) is 47.8 Å². The molecule has 3 rings (SSSR count). The summed E-state index contributed by atoms with van der Waals surface area (Å²) in [5, 5.41) is 2.94. The van der Waals surface area contributed by atoms with E-state index in [0.29, 0.717) is 19.0 Å². The molecule has 0 unspecified atom stereocenters. The quantitative estimate of drug-likeness (QED) is 0.902. The highest BCUT2D eigenvalue weighted by molar-refractivity contribution is 5.92. The average Bonchev–Trinajstić information content (AvgIpc) is 2.92. The molecule has 20 heavy (non-hydrogen) atoms. The predicted octanol–water partition coefficient (Wildman–Crippen LogP) is 0.868. The molecule has 0 bridgehead atoms. The Morgan fingerprint density at radius 1 is 1.55 bits per heavy atom. The molecular formula is C14H17N3O3. The molecule has 1 saturated heterocycles. The second-order valence-electron chi connectivity index (χ2n) is 4.80. The molecule has 2 aromatic rings. The van der Waals surface area contributed by atoms with E-state index in [1.165, 1.54) is 0 Å². The van der Waals surface area contributed by atoms with Gasteiger partial charge in [-0.3, -0.25) is 9.20 Å². The second-order valence-corrected chi connectivity index (χ2v) is 4.80. The summed E-state index contributed by atoms with van der Waals surface area (Å²) in [5.41, 5.74) is 0.890. The van der Waals surface area contributed by atoms with Gasteiger partial charge in [-0.1, -0.05) is 6.07 Å². The van der Waals surface area contributed by atoms with Gasteiger partial charge in [0.15, 0.2) is 0 Å². The Hall–Kier alpha value is -1.92. The highest BCUT2D eigenvalue weighted by Gasteiger charge is 2.28. The van der Waals surface area contributed by atoms with Gasteiger partial charge in [-0.05, 0) is 18.6 Å². The van der Waals surface area contributed by atoms with Crippen LogP contribution in [0.1, 0.15) is 17.0 Å². The Morgan fingerprint density at radius 2 is 2.45 bits per heavy atom. The average molecular weight is 275 g/mol. The van der Waals surface area contributed by atoms with E-state index in [4.69, 9.17) is 9.47 Å². The standard InChI is InChI=1S/C14H17N3O3/c1-19-12-5-7-20-9-11(12)16-14(18)13-15-8-10-4-2-3-6-17(10)13/h2-4,6,8,11-12H,5,7,9H2,1H3,(H,16,18)/t11-,12-/m1/s1. The van der Waals surface area contributed by atoms with Gasteiger partial charge < -0.3 is 14.8 Å². The van der Waals surface area contributed by atoms with Gasteiger partial charge in [-0.15, -0.1) is 0 Å². The number of methoxy groups -OCH3 is 1. The maximum atomic E-state index is 12.3. The van der Waals surface area contributed by atoms with E-state index in [1.54, 1.807) is 17.7 Å². The van der Waals surface area contributed by atoms with Crippen molar-refractivity contribution in [2.75, 3.05) is 20.3 Å². The first-order valence-corrected chi connectivity index (χ1v) is 6.63. The lowest BCUT2D eigenvalue weighted by atomic mass is 10.1. The number of hydrogen-bond donors (Lipinski definition) is 1. The lowest BCUT2D eigenvalue weighted by Gasteiger charge is -2.30. The third-order valence-corrected chi connectivity index (χ3v) is 3.55. The van der Waals surface area contributed by atoms with Crippen molar-refractivity contribution in [3.63, 3.8) is 0 Å². The van der Waals surface area contributed by atoms with Crippen molar-refractivity contribution in [2.45, 2.75) is 18.6 Å². The van der Waals surface area contributed by atoms with E-state index in [1.807, 2.05) is 24.4 Å². The van der Waals surface area contributed by atoms with Gasteiger partial charge in [0.05, 0.1) is 30.5 Å². The summed E-state index contributed by atoms with van der Waals surface area (Å²) in [6.45, 7) is 1.13. The molecule has 2 aromatic heterocycles. The van der Waals surface area contributed by atoms with Crippen LogP contribution in [0.5, 0.6) is 0 Å². The zero-order valence-corrected chi connectivity index (χ0v) is 11.3. The zero-order chi connectivity index (χ0) is 13.9. The van der Waals surface area contributed by atoms with Crippen molar-refractivity contribution in [3.05, 3.63) is 36.4 Å². The van der Waals surface area contributed by atoms with Crippen LogP contribution in [0, 0.1) is 0 Å². The van der Waals surface area contributed by atoms with Crippen molar-refractivity contribution < 1.29 is 14.3 Å². The first-order valence-electron chi connectivity index (χ1n) is 6.63. The molecule has 1 fully saturated rings. The van der Waals surface area contributed by atoms with Crippen LogP contribution in [0.2, 0.25) is 0 Å². The fourth-order valence-electron chi connectivity index (χ4n) is 2.48. The van der Waals surface area contributed by atoms with Gasteiger partial charge in [0.1, 0.15) is 0 Å². The Labute approximate surface area is 116 Å². The molecule has 0 spiro atoms. The number of nitrogens with zero attached hydrogens (tertiary/aromatic N) is 2. The number of pyridine rings is 1. The molecular weight excluding hydrogens is 258 g/mol. The monoisotopic (exact) mass is 275 g/mol. The summed E-state index contributed by atoms with van der Waals surface area (Å²) in [6, 6.07) is 5.55. The number of hydrogen-bond acceptors (Lipinski definition) is 4. The van der Waals surface area contributed by atoms with E-state index >= 15 is 0 Å². The highest BCUT2D eigenvalue weighted by atomic mass is 16.5. The van der Waals surface area contributed by atoms with E-state index in [-0.39, 0.29) is 18.1 Å². The second kappa shape index (κ2) is 5.60. The van der Waals surface area contributed by atoms with Crippen LogP contribution in [0.3, 0.4) is 0 Å². The third kappa shape index (κ3) is 2.39. The van der Waals surface area contributed by atoms with Gasteiger partial charge in [0, 0.05) is 19.9 Å². The van der Waals surface area contributed by atoms with E-state index in [9.17, 15) is 4.79 Å². The normalized spacial score (nSPS) is 22.9. The Balaban J connectivity index is 1.78. The molecule has 0 saturated carbocycles. The van der Waals surface area contributed by atoms with Gasteiger partial charge in [0.2, 0.25) is 5.82 Å². The molecule has 6 nitrogen and oxygen atoms in total. The van der Waals surface area contributed by atoms with Gasteiger partial charge in [-0.25, -0.2) is 4.98 Å². The lowest BCUT2D eigenvalue weighted by Crippen LogP contribution is -2.50. The van der Waals surface area contributed by atoms with Crippen LogP contribution in [0.4, 0.5) is 0 Å². The first kappa shape index (κ1) is 13.1. The minimum atomic E-state index is -0.214. The zero-order valence-electron chi connectivity index (χ0n) is 11.3. The molecule has 6 heteroatoms. The van der Waals surface area contributed by atoms with Crippen molar-refractivity contribution in [2.24, 2.45) is 0 Å².